The summed E-state index contributed by atoms with van der Waals surface area (Å²) in [5.41, 5.74) is 1.67. The molecule has 8 heteroatoms. The standard InChI is InChI=1S/C18H19N5O3/c24-11-14-9-22(21-20-14)10-15-7-4-8-23(15)18(25)16-12-26-17(19-16)13-5-2-1-3-6-13/h1-3,5-6,9,12,15,24H,4,7-8,10-11H2/t15-/m0/s1. The number of nitrogens with zero attached hydrogens (tertiary/aromatic N) is 5. The van der Waals surface area contributed by atoms with Crippen molar-refractivity contribution in [1.82, 2.24) is 24.9 Å². The molecule has 0 bridgehead atoms. The van der Waals surface area contributed by atoms with Crippen LogP contribution in [0.2, 0.25) is 0 Å². The molecule has 1 amide bonds. The Morgan fingerprint density at radius 2 is 2.15 bits per heavy atom. The van der Waals surface area contributed by atoms with Gasteiger partial charge in [0.1, 0.15) is 12.0 Å². The van der Waals surface area contributed by atoms with Crippen LogP contribution in [0.4, 0.5) is 0 Å². The molecule has 0 spiro atoms. The Labute approximate surface area is 150 Å². The maximum atomic E-state index is 12.9. The molecule has 1 N–H and O–H groups in total. The van der Waals surface area contributed by atoms with Gasteiger partial charge >= 0.3 is 0 Å². The van der Waals surface area contributed by atoms with Crippen LogP contribution in [0.15, 0.2) is 47.2 Å². The van der Waals surface area contributed by atoms with Crippen LogP contribution in [-0.4, -0.2) is 48.5 Å². The van der Waals surface area contributed by atoms with Crippen LogP contribution in [0, 0.1) is 0 Å². The summed E-state index contributed by atoms with van der Waals surface area (Å²) in [7, 11) is 0. The highest BCUT2D eigenvalue weighted by atomic mass is 16.3. The van der Waals surface area contributed by atoms with Gasteiger partial charge in [-0.3, -0.25) is 9.48 Å². The molecule has 8 nitrogen and oxygen atoms in total. The van der Waals surface area contributed by atoms with E-state index in [9.17, 15) is 4.79 Å². The van der Waals surface area contributed by atoms with E-state index in [4.69, 9.17) is 9.52 Å². The normalized spacial score (nSPS) is 17.0. The van der Waals surface area contributed by atoms with Crippen LogP contribution >= 0.6 is 0 Å². The lowest BCUT2D eigenvalue weighted by atomic mass is 10.2. The topological polar surface area (TPSA) is 97.3 Å². The molecule has 1 aromatic carbocycles. The number of benzene rings is 1. The zero-order chi connectivity index (χ0) is 17.9. The lowest BCUT2D eigenvalue weighted by Gasteiger charge is -2.23. The summed E-state index contributed by atoms with van der Waals surface area (Å²) < 4.78 is 7.16. The van der Waals surface area contributed by atoms with Gasteiger partial charge in [-0.25, -0.2) is 4.98 Å². The smallest absolute Gasteiger partial charge is 0.276 e. The van der Waals surface area contributed by atoms with E-state index in [0.717, 1.165) is 18.4 Å². The summed E-state index contributed by atoms with van der Waals surface area (Å²) >= 11 is 0. The van der Waals surface area contributed by atoms with Gasteiger partial charge in [0, 0.05) is 12.1 Å². The third-order valence-electron chi connectivity index (χ3n) is 4.53. The number of carbonyl (C=O) groups is 1. The summed E-state index contributed by atoms with van der Waals surface area (Å²) in [5.74, 6) is 0.300. The average Bonchev–Trinajstić information content (AvgIpc) is 3.43. The molecule has 1 aliphatic heterocycles. The summed E-state index contributed by atoms with van der Waals surface area (Å²) in [6, 6.07) is 9.52. The van der Waals surface area contributed by atoms with Crippen molar-refractivity contribution in [2.24, 2.45) is 0 Å². The maximum Gasteiger partial charge on any atom is 0.276 e. The number of carbonyl (C=O) groups excluding carboxylic acids is 1. The van der Waals surface area contributed by atoms with Crippen molar-refractivity contribution in [2.75, 3.05) is 6.54 Å². The highest BCUT2D eigenvalue weighted by Crippen LogP contribution is 2.23. The Bertz CT molecular complexity index is 889. The Kier molecular flexibility index (Phi) is 4.49. The van der Waals surface area contributed by atoms with E-state index < -0.39 is 0 Å². The zero-order valence-electron chi connectivity index (χ0n) is 14.2. The first kappa shape index (κ1) is 16.5. The monoisotopic (exact) mass is 353 g/mol. The van der Waals surface area contributed by atoms with Crippen molar-refractivity contribution >= 4 is 5.91 Å². The van der Waals surface area contributed by atoms with E-state index in [1.54, 1.807) is 10.9 Å². The lowest BCUT2D eigenvalue weighted by molar-refractivity contribution is 0.0715. The molecule has 0 saturated carbocycles. The second kappa shape index (κ2) is 7.09. The second-order valence-electron chi connectivity index (χ2n) is 6.29. The summed E-state index contributed by atoms with van der Waals surface area (Å²) in [6.07, 6.45) is 4.94. The van der Waals surface area contributed by atoms with E-state index in [-0.39, 0.29) is 18.6 Å². The van der Waals surface area contributed by atoms with Crippen LogP contribution in [0.3, 0.4) is 0 Å². The minimum Gasteiger partial charge on any atom is -0.444 e. The Balaban J connectivity index is 1.49. The molecule has 3 heterocycles. The summed E-state index contributed by atoms with van der Waals surface area (Å²) in [4.78, 5) is 19.0. The minimum absolute atomic E-state index is 0.0209. The number of hydrogen-bond donors (Lipinski definition) is 1. The van der Waals surface area contributed by atoms with E-state index in [1.807, 2.05) is 35.2 Å². The highest BCUT2D eigenvalue weighted by Gasteiger charge is 2.31. The largest absolute Gasteiger partial charge is 0.444 e. The van der Waals surface area contributed by atoms with Gasteiger partial charge in [-0.05, 0) is 25.0 Å². The molecule has 2 aromatic heterocycles. The van der Waals surface area contributed by atoms with Crippen molar-refractivity contribution in [1.29, 1.82) is 0 Å². The molecule has 1 atom stereocenters. The first-order valence-electron chi connectivity index (χ1n) is 8.56. The van der Waals surface area contributed by atoms with E-state index in [2.05, 4.69) is 15.3 Å². The lowest BCUT2D eigenvalue weighted by Crippen LogP contribution is -2.38. The van der Waals surface area contributed by atoms with Crippen molar-refractivity contribution < 1.29 is 14.3 Å². The maximum absolute atomic E-state index is 12.9. The predicted molar refractivity (Wildman–Crippen MR) is 91.9 cm³/mol. The number of aromatic nitrogens is 4. The molecule has 0 radical (unpaired) electrons. The molecule has 0 aliphatic carbocycles. The summed E-state index contributed by atoms with van der Waals surface area (Å²) in [6.45, 7) is 1.08. The van der Waals surface area contributed by atoms with Gasteiger partial charge in [-0.2, -0.15) is 0 Å². The Hall–Kier alpha value is -3.00. The number of aliphatic hydroxyl groups is 1. The molecule has 1 saturated heterocycles. The molecule has 0 unspecified atom stereocenters. The fourth-order valence-electron chi connectivity index (χ4n) is 3.24. The highest BCUT2D eigenvalue weighted by molar-refractivity contribution is 5.92. The quantitative estimate of drug-likeness (QED) is 0.750. The first-order valence-corrected chi connectivity index (χ1v) is 8.56. The van der Waals surface area contributed by atoms with Gasteiger partial charge in [0.2, 0.25) is 5.89 Å². The van der Waals surface area contributed by atoms with Gasteiger partial charge in [0.05, 0.1) is 25.4 Å². The number of likely N-dealkylation sites (tertiary alicyclic amines) is 1. The second-order valence-corrected chi connectivity index (χ2v) is 6.29. The van der Waals surface area contributed by atoms with E-state index in [0.29, 0.717) is 30.4 Å². The number of oxazole rings is 1. The van der Waals surface area contributed by atoms with Crippen LogP contribution in [-0.2, 0) is 13.2 Å². The molecule has 3 aromatic rings. The van der Waals surface area contributed by atoms with E-state index in [1.165, 1.54) is 6.26 Å². The first-order chi connectivity index (χ1) is 12.7. The van der Waals surface area contributed by atoms with Crippen molar-refractivity contribution in [3.63, 3.8) is 0 Å². The molecule has 4 rings (SSSR count). The average molecular weight is 353 g/mol. The zero-order valence-corrected chi connectivity index (χ0v) is 14.2. The fourth-order valence-corrected chi connectivity index (χ4v) is 3.24. The Morgan fingerprint density at radius 3 is 2.92 bits per heavy atom. The van der Waals surface area contributed by atoms with Gasteiger partial charge in [-0.1, -0.05) is 23.4 Å². The van der Waals surface area contributed by atoms with Crippen molar-refractivity contribution in [2.45, 2.75) is 32.0 Å². The number of hydrogen-bond acceptors (Lipinski definition) is 6. The van der Waals surface area contributed by atoms with Crippen LogP contribution in [0.1, 0.15) is 29.0 Å². The summed E-state index contributed by atoms with van der Waals surface area (Å²) in [5, 5.41) is 17.0. The number of rotatable bonds is 5. The molecule has 26 heavy (non-hydrogen) atoms. The van der Waals surface area contributed by atoms with Crippen LogP contribution in [0.5, 0.6) is 0 Å². The van der Waals surface area contributed by atoms with Gasteiger partial charge in [0.15, 0.2) is 5.69 Å². The molecule has 134 valence electrons. The molecular formula is C18H19N5O3. The van der Waals surface area contributed by atoms with Crippen molar-refractivity contribution in [3.8, 4) is 11.5 Å². The Morgan fingerprint density at radius 1 is 1.31 bits per heavy atom. The third-order valence-corrected chi connectivity index (χ3v) is 4.53. The fraction of sp³-hybridized carbons (Fsp3) is 0.333. The molecular weight excluding hydrogens is 334 g/mol. The van der Waals surface area contributed by atoms with Gasteiger partial charge < -0.3 is 14.4 Å². The number of amides is 1. The number of aliphatic hydroxyl groups excluding tert-OH is 1. The van der Waals surface area contributed by atoms with Crippen molar-refractivity contribution in [3.05, 3.63) is 54.2 Å². The SMILES string of the molecule is O=C(c1coc(-c2ccccc2)n1)N1CCC[C@H]1Cn1cc(CO)nn1. The minimum atomic E-state index is -0.144. The third kappa shape index (κ3) is 3.23. The van der Waals surface area contributed by atoms with Crippen LogP contribution in [0.25, 0.3) is 11.5 Å². The van der Waals surface area contributed by atoms with E-state index >= 15 is 0 Å². The predicted octanol–water partition coefficient (Wildman–Crippen LogP) is 1.73. The van der Waals surface area contributed by atoms with Gasteiger partial charge in [0.25, 0.3) is 5.91 Å². The molecule has 1 aliphatic rings. The van der Waals surface area contributed by atoms with Gasteiger partial charge in [-0.15, -0.1) is 5.10 Å². The van der Waals surface area contributed by atoms with Crippen LogP contribution < -0.4 is 0 Å². The molecule has 1 fully saturated rings.